The standard InChI is InChI=1S/C25H27ClF3N9/c1-16-22(31-5-4-30-16)36-11-24(12-36)13-37(14-24)23-33-32-21-10-35(19-8-34(9-19)15-25(27,28)29)7-17-6-18(26)2-3-20(17)38(21)23/h2-6,19H,7-15H2,1H3. The van der Waals surface area contributed by atoms with Crippen LogP contribution in [0.2, 0.25) is 5.02 Å². The summed E-state index contributed by atoms with van der Waals surface area (Å²) in [4.78, 5) is 17.0. The summed E-state index contributed by atoms with van der Waals surface area (Å²) in [5.74, 6) is 2.54. The Kier molecular flexibility index (Phi) is 5.41. The van der Waals surface area contributed by atoms with Gasteiger partial charge in [0, 0.05) is 74.7 Å². The normalized spacial score (nSPS) is 21.4. The maximum atomic E-state index is 12.8. The quantitative estimate of drug-likeness (QED) is 0.496. The van der Waals surface area contributed by atoms with Crippen molar-refractivity contribution in [1.29, 1.82) is 0 Å². The van der Waals surface area contributed by atoms with E-state index in [0.29, 0.717) is 31.2 Å². The number of anilines is 2. The first-order chi connectivity index (χ1) is 18.2. The van der Waals surface area contributed by atoms with Crippen LogP contribution in [0.15, 0.2) is 30.6 Å². The Balaban J connectivity index is 1.10. The predicted molar refractivity (Wildman–Crippen MR) is 136 cm³/mol. The number of benzene rings is 1. The number of likely N-dealkylation sites (tertiary alicyclic amines) is 1. The van der Waals surface area contributed by atoms with E-state index >= 15 is 0 Å². The van der Waals surface area contributed by atoms with Crippen LogP contribution in [-0.4, -0.2) is 92.6 Å². The Morgan fingerprint density at radius 2 is 1.74 bits per heavy atom. The van der Waals surface area contributed by atoms with Gasteiger partial charge in [0.15, 0.2) is 5.82 Å². The lowest BCUT2D eigenvalue weighted by Gasteiger charge is -2.60. The summed E-state index contributed by atoms with van der Waals surface area (Å²) >= 11 is 6.36. The highest BCUT2D eigenvalue weighted by molar-refractivity contribution is 6.30. The molecule has 0 amide bonds. The van der Waals surface area contributed by atoms with E-state index in [1.807, 2.05) is 25.1 Å². The van der Waals surface area contributed by atoms with Gasteiger partial charge in [-0.3, -0.25) is 19.4 Å². The fourth-order valence-electron chi connectivity index (χ4n) is 6.36. The van der Waals surface area contributed by atoms with Crippen molar-refractivity contribution in [2.75, 3.05) is 55.6 Å². The highest BCUT2D eigenvalue weighted by atomic mass is 35.5. The fraction of sp³-hybridized carbons (Fsp3) is 0.520. The molecule has 3 aromatic rings. The number of hydrogen-bond donors (Lipinski definition) is 0. The average Bonchev–Trinajstić information content (AvgIpc) is 3.10. The van der Waals surface area contributed by atoms with E-state index in [9.17, 15) is 13.2 Å². The van der Waals surface area contributed by atoms with Crippen molar-refractivity contribution in [3.8, 4) is 5.69 Å². The second-order valence-corrected chi connectivity index (χ2v) is 11.5. The third-order valence-corrected chi connectivity index (χ3v) is 8.35. The summed E-state index contributed by atoms with van der Waals surface area (Å²) in [6.45, 7) is 6.61. The molecule has 0 radical (unpaired) electrons. The number of alkyl halides is 3. The van der Waals surface area contributed by atoms with Gasteiger partial charge >= 0.3 is 6.18 Å². The summed E-state index contributed by atoms with van der Waals surface area (Å²) < 4.78 is 40.6. The maximum Gasteiger partial charge on any atom is 0.401 e. The lowest BCUT2D eigenvalue weighted by Crippen LogP contribution is -2.73. The molecule has 7 rings (SSSR count). The number of halogens is 4. The molecule has 9 nitrogen and oxygen atoms in total. The largest absolute Gasteiger partial charge is 0.401 e. The highest BCUT2D eigenvalue weighted by Crippen LogP contribution is 2.44. The number of rotatable bonds is 4. The molecule has 0 saturated carbocycles. The first-order valence-corrected chi connectivity index (χ1v) is 13.1. The van der Waals surface area contributed by atoms with E-state index in [1.165, 1.54) is 4.90 Å². The van der Waals surface area contributed by atoms with E-state index in [-0.39, 0.29) is 11.5 Å². The zero-order valence-corrected chi connectivity index (χ0v) is 21.6. The number of aromatic nitrogens is 5. The van der Waals surface area contributed by atoms with Crippen LogP contribution in [0, 0.1) is 12.3 Å². The zero-order chi connectivity index (χ0) is 26.2. The van der Waals surface area contributed by atoms with Gasteiger partial charge < -0.3 is 9.80 Å². The van der Waals surface area contributed by atoms with E-state index in [1.54, 1.807) is 12.4 Å². The minimum atomic E-state index is -4.18. The highest BCUT2D eigenvalue weighted by Gasteiger charge is 2.54. The van der Waals surface area contributed by atoms with Crippen LogP contribution >= 0.6 is 11.6 Å². The summed E-state index contributed by atoms with van der Waals surface area (Å²) in [7, 11) is 0. The number of hydrogen-bond acceptors (Lipinski definition) is 8. The summed E-state index contributed by atoms with van der Waals surface area (Å²) in [5.41, 5.74) is 3.14. The topological polar surface area (TPSA) is 69.5 Å². The summed E-state index contributed by atoms with van der Waals surface area (Å²) in [6.07, 6.45) is -0.735. The van der Waals surface area contributed by atoms with Gasteiger partial charge in [-0.05, 0) is 30.7 Å². The molecule has 0 atom stereocenters. The van der Waals surface area contributed by atoms with Gasteiger partial charge in [0.25, 0.3) is 0 Å². The second kappa shape index (κ2) is 8.52. The second-order valence-electron chi connectivity index (χ2n) is 11.1. The number of aryl methyl sites for hydroxylation is 1. The molecule has 0 unspecified atom stereocenters. The molecule has 0 aliphatic carbocycles. The number of nitrogens with zero attached hydrogens (tertiary/aromatic N) is 9. The Morgan fingerprint density at radius 3 is 2.47 bits per heavy atom. The van der Waals surface area contributed by atoms with Crippen LogP contribution < -0.4 is 9.80 Å². The smallest absolute Gasteiger partial charge is 0.354 e. The lowest BCUT2D eigenvalue weighted by atomic mass is 9.73. The minimum absolute atomic E-state index is 0.0219. The molecule has 0 bridgehead atoms. The average molecular weight is 546 g/mol. The van der Waals surface area contributed by atoms with Crippen LogP contribution in [0.3, 0.4) is 0 Å². The third kappa shape index (κ3) is 4.09. The Labute approximate surface area is 222 Å². The van der Waals surface area contributed by atoms with Gasteiger partial charge in [0.05, 0.1) is 24.5 Å². The van der Waals surface area contributed by atoms with E-state index in [2.05, 4.69) is 39.4 Å². The minimum Gasteiger partial charge on any atom is -0.354 e. The third-order valence-electron chi connectivity index (χ3n) is 8.11. The van der Waals surface area contributed by atoms with Crippen LogP contribution in [0.25, 0.3) is 5.69 Å². The molecule has 3 saturated heterocycles. The van der Waals surface area contributed by atoms with Crippen LogP contribution in [-0.2, 0) is 13.1 Å². The van der Waals surface area contributed by atoms with E-state index in [4.69, 9.17) is 11.6 Å². The first kappa shape index (κ1) is 24.1. The predicted octanol–water partition coefficient (Wildman–Crippen LogP) is 2.91. The molecule has 2 aromatic heterocycles. The molecular formula is C25H27ClF3N9. The lowest BCUT2D eigenvalue weighted by molar-refractivity contribution is -0.161. The summed E-state index contributed by atoms with van der Waals surface area (Å²) in [6, 6.07) is 5.82. The van der Waals surface area contributed by atoms with Gasteiger partial charge in [-0.25, -0.2) is 4.98 Å². The molecule has 1 aromatic carbocycles. The van der Waals surface area contributed by atoms with Crippen molar-refractivity contribution in [3.05, 3.63) is 52.7 Å². The van der Waals surface area contributed by atoms with Crippen molar-refractivity contribution in [1.82, 2.24) is 34.5 Å². The van der Waals surface area contributed by atoms with Crippen molar-refractivity contribution in [3.63, 3.8) is 0 Å². The Morgan fingerprint density at radius 1 is 1.00 bits per heavy atom. The van der Waals surface area contributed by atoms with Gasteiger partial charge in [-0.15, -0.1) is 10.2 Å². The molecule has 4 aliphatic rings. The maximum absolute atomic E-state index is 12.8. The van der Waals surface area contributed by atoms with Crippen LogP contribution in [0.5, 0.6) is 0 Å². The Bertz CT molecular complexity index is 1370. The van der Waals surface area contributed by atoms with Crippen LogP contribution in [0.1, 0.15) is 17.1 Å². The van der Waals surface area contributed by atoms with Crippen molar-refractivity contribution in [2.45, 2.75) is 32.2 Å². The first-order valence-electron chi connectivity index (χ1n) is 12.7. The van der Waals surface area contributed by atoms with Crippen molar-refractivity contribution >= 4 is 23.4 Å². The SMILES string of the molecule is Cc1nccnc1N1CC2(C1)CN(c1nnc3n1-c1ccc(Cl)cc1CN(C1CN(CC(F)(F)F)C1)C3)C2. The molecule has 13 heteroatoms. The molecule has 3 fully saturated rings. The zero-order valence-electron chi connectivity index (χ0n) is 20.9. The molecule has 0 N–H and O–H groups in total. The van der Waals surface area contributed by atoms with E-state index < -0.39 is 12.7 Å². The molecule has 1 spiro atoms. The number of fused-ring (bicyclic) bond motifs is 3. The van der Waals surface area contributed by atoms with Crippen LogP contribution in [0.4, 0.5) is 24.9 Å². The fourth-order valence-corrected chi connectivity index (χ4v) is 6.55. The van der Waals surface area contributed by atoms with Gasteiger partial charge in [-0.2, -0.15) is 13.2 Å². The van der Waals surface area contributed by atoms with Gasteiger partial charge in [-0.1, -0.05) is 11.6 Å². The molecule has 4 aliphatic heterocycles. The molecule has 200 valence electrons. The summed E-state index contributed by atoms with van der Waals surface area (Å²) in [5, 5.41) is 9.76. The molecular weight excluding hydrogens is 519 g/mol. The molecule has 38 heavy (non-hydrogen) atoms. The van der Waals surface area contributed by atoms with Crippen molar-refractivity contribution < 1.29 is 13.2 Å². The van der Waals surface area contributed by atoms with Gasteiger partial charge in [0.1, 0.15) is 5.82 Å². The monoisotopic (exact) mass is 545 g/mol. The van der Waals surface area contributed by atoms with E-state index in [0.717, 1.165) is 60.7 Å². The Hall–Kier alpha value is -2.96. The molecule has 6 heterocycles. The van der Waals surface area contributed by atoms with Crippen molar-refractivity contribution in [2.24, 2.45) is 5.41 Å². The van der Waals surface area contributed by atoms with Gasteiger partial charge in [0.2, 0.25) is 5.95 Å².